The molecule has 3 nitrogen and oxygen atoms in total. The van der Waals surface area contributed by atoms with Gasteiger partial charge in [-0.05, 0) is 13.0 Å². The summed E-state index contributed by atoms with van der Waals surface area (Å²) >= 11 is 5.69. The van der Waals surface area contributed by atoms with Crippen LogP contribution in [0, 0.1) is 6.92 Å². The molecule has 0 radical (unpaired) electrons. The van der Waals surface area contributed by atoms with Crippen molar-refractivity contribution in [2.24, 2.45) is 0 Å². The van der Waals surface area contributed by atoms with Crippen molar-refractivity contribution in [3.8, 4) is 0 Å². The first kappa shape index (κ1) is 8.14. The van der Waals surface area contributed by atoms with Gasteiger partial charge >= 0.3 is 5.97 Å². The zero-order valence-corrected chi connectivity index (χ0v) is 7.03. The summed E-state index contributed by atoms with van der Waals surface area (Å²) in [6, 6.07) is 1.54. The fraction of sp³-hybridized carbons (Fsp3) is 0.286. The van der Waals surface area contributed by atoms with Crippen molar-refractivity contribution in [2.45, 2.75) is 6.92 Å². The quantitative estimate of drug-likeness (QED) is 0.658. The Morgan fingerprint density at radius 1 is 1.73 bits per heavy atom. The van der Waals surface area contributed by atoms with E-state index in [0.29, 0.717) is 10.7 Å². The fourth-order valence-corrected chi connectivity index (χ4v) is 0.909. The van der Waals surface area contributed by atoms with E-state index < -0.39 is 5.97 Å². The number of carbonyl (C=O) groups excluding carboxylic acids is 1. The molecule has 11 heavy (non-hydrogen) atoms. The van der Waals surface area contributed by atoms with Crippen LogP contribution in [0.3, 0.4) is 0 Å². The Morgan fingerprint density at radius 2 is 2.36 bits per heavy atom. The van der Waals surface area contributed by atoms with Crippen molar-refractivity contribution in [3.63, 3.8) is 0 Å². The van der Waals surface area contributed by atoms with Gasteiger partial charge < -0.3 is 9.72 Å². The number of aromatic amines is 1. The molecule has 4 heteroatoms. The standard InChI is InChI=1S/C7H8ClNO2/c1-4-5(8)3-6(9-4)7(10)11-2/h3,9H,1-2H3. The molecule has 0 unspecified atom stereocenters. The van der Waals surface area contributed by atoms with Crippen LogP contribution < -0.4 is 0 Å². The van der Waals surface area contributed by atoms with Gasteiger partial charge in [0.15, 0.2) is 0 Å². The summed E-state index contributed by atoms with van der Waals surface area (Å²) in [5.41, 5.74) is 1.15. The lowest BCUT2D eigenvalue weighted by molar-refractivity contribution is 0.0594. The normalized spacial score (nSPS) is 9.73. The maximum absolute atomic E-state index is 10.9. The van der Waals surface area contributed by atoms with Crippen LogP contribution in [0.2, 0.25) is 5.02 Å². The Labute approximate surface area is 69.3 Å². The minimum atomic E-state index is -0.403. The number of ether oxygens (including phenoxy) is 1. The van der Waals surface area contributed by atoms with E-state index in [1.807, 2.05) is 0 Å². The van der Waals surface area contributed by atoms with Gasteiger partial charge in [0, 0.05) is 5.69 Å². The van der Waals surface area contributed by atoms with Crippen LogP contribution in [0.1, 0.15) is 16.2 Å². The number of halogens is 1. The first-order valence-corrected chi connectivity index (χ1v) is 3.46. The van der Waals surface area contributed by atoms with Crippen LogP contribution in [0.5, 0.6) is 0 Å². The summed E-state index contributed by atoms with van der Waals surface area (Å²) in [5, 5.41) is 0.547. The Hall–Kier alpha value is -0.960. The van der Waals surface area contributed by atoms with Gasteiger partial charge in [0.05, 0.1) is 12.1 Å². The number of methoxy groups -OCH3 is 1. The molecule has 1 aromatic heterocycles. The lowest BCUT2D eigenvalue weighted by atomic mass is 10.4. The number of aromatic nitrogens is 1. The first-order chi connectivity index (χ1) is 5.15. The number of aryl methyl sites for hydroxylation is 1. The molecule has 0 aliphatic rings. The highest BCUT2D eigenvalue weighted by atomic mass is 35.5. The number of nitrogens with one attached hydrogen (secondary N) is 1. The molecule has 1 aromatic rings. The van der Waals surface area contributed by atoms with Crippen LogP contribution in [-0.2, 0) is 4.74 Å². The predicted octanol–water partition coefficient (Wildman–Crippen LogP) is 1.76. The van der Waals surface area contributed by atoms with Crippen molar-refractivity contribution in [1.29, 1.82) is 0 Å². The monoisotopic (exact) mass is 173 g/mol. The van der Waals surface area contributed by atoms with Gasteiger partial charge in [-0.1, -0.05) is 11.6 Å². The Bertz CT molecular complexity index is 260. The Morgan fingerprint density at radius 3 is 2.73 bits per heavy atom. The molecular formula is C7H8ClNO2. The summed E-state index contributed by atoms with van der Waals surface area (Å²) in [7, 11) is 1.33. The van der Waals surface area contributed by atoms with Crippen molar-refractivity contribution in [3.05, 3.63) is 22.5 Å². The minimum Gasteiger partial charge on any atom is -0.464 e. The van der Waals surface area contributed by atoms with Gasteiger partial charge in [0.1, 0.15) is 5.69 Å². The minimum absolute atomic E-state index is 0.384. The summed E-state index contributed by atoms with van der Waals surface area (Å²) in [4.78, 5) is 13.7. The van der Waals surface area contributed by atoms with Gasteiger partial charge in [0.25, 0.3) is 0 Å². The lowest BCUT2D eigenvalue weighted by Crippen LogP contribution is -2.00. The largest absolute Gasteiger partial charge is 0.464 e. The predicted molar refractivity (Wildman–Crippen MR) is 41.9 cm³/mol. The van der Waals surface area contributed by atoms with Gasteiger partial charge in [0.2, 0.25) is 0 Å². The van der Waals surface area contributed by atoms with E-state index in [-0.39, 0.29) is 0 Å². The van der Waals surface area contributed by atoms with Crippen LogP contribution >= 0.6 is 11.6 Å². The molecule has 0 aromatic carbocycles. The molecule has 0 fully saturated rings. The molecule has 1 heterocycles. The maximum Gasteiger partial charge on any atom is 0.354 e. The van der Waals surface area contributed by atoms with Gasteiger partial charge in [-0.25, -0.2) is 4.79 Å². The molecule has 0 atom stereocenters. The van der Waals surface area contributed by atoms with Crippen LogP contribution in [0.15, 0.2) is 6.07 Å². The molecular weight excluding hydrogens is 166 g/mol. The molecule has 1 N–H and O–H groups in total. The van der Waals surface area contributed by atoms with E-state index in [2.05, 4.69) is 9.72 Å². The number of H-pyrrole nitrogens is 1. The highest BCUT2D eigenvalue weighted by molar-refractivity contribution is 6.31. The second-order valence-corrected chi connectivity index (χ2v) is 2.55. The number of esters is 1. The average Bonchev–Trinajstić information content (AvgIpc) is 2.31. The molecule has 60 valence electrons. The number of rotatable bonds is 1. The highest BCUT2D eigenvalue weighted by Crippen LogP contribution is 2.15. The first-order valence-electron chi connectivity index (χ1n) is 3.08. The molecule has 0 spiro atoms. The maximum atomic E-state index is 10.9. The SMILES string of the molecule is COC(=O)c1cc(Cl)c(C)[nH]1. The van der Waals surface area contributed by atoms with Crippen molar-refractivity contribution >= 4 is 17.6 Å². The Kier molecular flexibility index (Phi) is 2.19. The highest BCUT2D eigenvalue weighted by Gasteiger charge is 2.09. The topological polar surface area (TPSA) is 42.1 Å². The van der Waals surface area contributed by atoms with E-state index in [9.17, 15) is 4.79 Å². The summed E-state index contributed by atoms with van der Waals surface area (Å²) < 4.78 is 4.48. The summed E-state index contributed by atoms with van der Waals surface area (Å²) in [6.45, 7) is 1.79. The number of carbonyl (C=O) groups is 1. The summed E-state index contributed by atoms with van der Waals surface area (Å²) in [5.74, 6) is -0.403. The molecule has 0 aliphatic carbocycles. The van der Waals surface area contributed by atoms with Crippen molar-refractivity contribution < 1.29 is 9.53 Å². The third-order valence-corrected chi connectivity index (χ3v) is 1.75. The molecule has 0 bridgehead atoms. The molecule has 0 saturated heterocycles. The summed E-state index contributed by atoms with van der Waals surface area (Å²) in [6.07, 6.45) is 0. The third-order valence-electron chi connectivity index (χ3n) is 1.36. The van der Waals surface area contributed by atoms with Gasteiger partial charge in [-0.15, -0.1) is 0 Å². The van der Waals surface area contributed by atoms with Crippen molar-refractivity contribution in [1.82, 2.24) is 4.98 Å². The third kappa shape index (κ3) is 1.54. The van der Waals surface area contributed by atoms with Crippen molar-refractivity contribution in [2.75, 3.05) is 7.11 Å². The number of hydrogen-bond donors (Lipinski definition) is 1. The van der Waals surface area contributed by atoms with E-state index in [1.54, 1.807) is 13.0 Å². The van der Waals surface area contributed by atoms with E-state index >= 15 is 0 Å². The molecule has 0 saturated carbocycles. The number of hydrogen-bond acceptors (Lipinski definition) is 2. The second-order valence-electron chi connectivity index (χ2n) is 2.15. The second kappa shape index (κ2) is 2.96. The van der Waals surface area contributed by atoms with Crippen LogP contribution in [-0.4, -0.2) is 18.1 Å². The van der Waals surface area contributed by atoms with Gasteiger partial charge in [-0.3, -0.25) is 0 Å². The van der Waals surface area contributed by atoms with Crippen LogP contribution in [0.4, 0.5) is 0 Å². The van der Waals surface area contributed by atoms with Gasteiger partial charge in [-0.2, -0.15) is 0 Å². The average molecular weight is 174 g/mol. The zero-order chi connectivity index (χ0) is 8.43. The van der Waals surface area contributed by atoms with E-state index in [1.165, 1.54) is 7.11 Å². The van der Waals surface area contributed by atoms with E-state index in [0.717, 1.165) is 5.69 Å². The zero-order valence-electron chi connectivity index (χ0n) is 6.27. The van der Waals surface area contributed by atoms with E-state index in [4.69, 9.17) is 11.6 Å². The molecule has 1 rings (SSSR count). The Balaban J connectivity index is 2.97. The van der Waals surface area contributed by atoms with Crippen LogP contribution in [0.25, 0.3) is 0 Å². The smallest absolute Gasteiger partial charge is 0.354 e. The molecule has 0 amide bonds. The fourth-order valence-electron chi connectivity index (χ4n) is 0.753. The lowest BCUT2D eigenvalue weighted by Gasteiger charge is -1.92. The molecule has 0 aliphatic heterocycles.